The maximum atomic E-state index is 5.54. The average molecular weight is 252 g/mol. The van der Waals surface area contributed by atoms with E-state index >= 15 is 0 Å². The van der Waals surface area contributed by atoms with Crippen molar-refractivity contribution >= 4 is 0 Å². The SMILES string of the molecule is COC1CCCC(NC2CCN3CCCCC23)C1. The normalized spacial score (nSPS) is 41.8. The molecule has 3 heteroatoms. The fourth-order valence-electron chi connectivity index (χ4n) is 4.25. The van der Waals surface area contributed by atoms with Crippen LogP contribution in [-0.2, 0) is 4.74 Å². The summed E-state index contributed by atoms with van der Waals surface area (Å²) in [6.45, 7) is 2.66. The van der Waals surface area contributed by atoms with Crippen molar-refractivity contribution in [3.05, 3.63) is 0 Å². The fraction of sp³-hybridized carbons (Fsp3) is 1.00. The van der Waals surface area contributed by atoms with Gasteiger partial charge >= 0.3 is 0 Å². The summed E-state index contributed by atoms with van der Waals surface area (Å²) in [4.78, 5) is 2.72. The number of rotatable bonds is 3. The van der Waals surface area contributed by atoms with Crippen molar-refractivity contribution in [1.29, 1.82) is 0 Å². The molecule has 2 saturated heterocycles. The Hall–Kier alpha value is -0.120. The summed E-state index contributed by atoms with van der Waals surface area (Å²) in [7, 11) is 1.87. The zero-order valence-electron chi connectivity index (χ0n) is 11.7. The molecule has 0 aromatic carbocycles. The van der Waals surface area contributed by atoms with Gasteiger partial charge < -0.3 is 10.1 Å². The Bertz CT molecular complexity index is 271. The minimum absolute atomic E-state index is 0.500. The Labute approximate surface area is 111 Å². The number of hydrogen-bond acceptors (Lipinski definition) is 3. The molecular formula is C15H28N2O. The highest BCUT2D eigenvalue weighted by Crippen LogP contribution is 2.29. The molecule has 4 atom stereocenters. The third-order valence-electron chi connectivity index (χ3n) is 5.27. The van der Waals surface area contributed by atoms with E-state index in [-0.39, 0.29) is 0 Å². The Kier molecular flexibility index (Phi) is 4.22. The summed E-state index contributed by atoms with van der Waals surface area (Å²) in [6, 6.07) is 2.29. The van der Waals surface area contributed by atoms with Crippen LogP contribution in [0.5, 0.6) is 0 Å². The summed E-state index contributed by atoms with van der Waals surface area (Å²) in [5.74, 6) is 0. The first-order valence-electron chi connectivity index (χ1n) is 7.89. The maximum Gasteiger partial charge on any atom is 0.0586 e. The van der Waals surface area contributed by atoms with Crippen LogP contribution in [0.25, 0.3) is 0 Å². The predicted molar refractivity (Wildman–Crippen MR) is 73.8 cm³/mol. The monoisotopic (exact) mass is 252 g/mol. The molecule has 4 unspecified atom stereocenters. The molecule has 0 radical (unpaired) electrons. The first-order valence-corrected chi connectivity index (χ1v) is 7.89. The van der Waals surface area contributed by atoms with Gasteiger partial charge in [0.2, 0.25) is 0 Å². The summed E-state index contributed by atoms with van der Waals surface area (Å²) in [6.07, 6.45) is 11.3. The van der Waals surface area contributed by atoms with Crippen molar-refractivity contribution in [2.24, 2.45) is 0 Å². The van der Waals surface area contributed by atoms with Crippen LogP contribution in [0.2, 0.25) is 0 Å². The molecule has 0 bridgehead atoms. The number of methoxy groups -OCH3 is 1. The lowest BCUT2D eigenvalue weighted by molar-refractivity contribution is 0.0550. The van der Waals surface area contributed by atoms with E-state index in [1.54, 1.807) is 0 Å². The van der Waals surface area contributed by atoms with Gasteiger partial charge in [-0.25, -0.2) is 0 Å². The summed E-state index contributed by atoms with van der Waals surface area (Å²) in [5, 5.41) is 3.96. The van der Waals surface area contributed by atoms with Gasteiger partial charge in [0.05, 0.1) is 6.10 Å². The molecule has 0 aromatic rings. The van der Waals surface area contributed by atoms with Crippen molar-refractivity contribution in [2.45, 2.75) is 75.6 Å². The minimum atomic E-state index is 0.500. The molecule has 3 rings (SSSR count). The Morgan fingerprint density at radius 2 is 1.94 bits per heavy atom. The van der Waals surface area contributed by atoms with Gasteiger partial charge in [-0.15, -0.1) is 0 Å². The Balaban J connectivity index is 1.53. The third kappa shape index (κ3) is 2.73. The van der Waals surface area contributed by atoms with Crippen molar-refractivity contribution in [3.8, 4) is 0 Å². The van der Waals surface area contributed by atoms with Crippen LogP contribution in [-0.4, -0.2) is 49.3 Å². The standard InChI is InChI=1S/C15H28N2O/c1-18-13-6-4-5-12(11-13)16-14-8-10-17-9-3-2-7-15(14)17/h12-16H,2-11H2,1H3. The van der Waals surface area contributed by atoms with E-state index in [2.05, 4.69) is 10.2 Å². The number of hydrogen-bond donors (Lipinski definition) is 1. The van der Waals surface area contributed by atoms with Gasteiger partial charge in [-0.2, -0.15) is 0 Å². The third-order valence-corrected chi connectivity index (χ3v) is 5.27. The predicted octanol–water partition coefficient (Wildman–Crippen LogP) is 2.16. The molecule has 0 aromatic heterocycles. The highest BCUT2D eigenvalue weighted by molar-refractivity contribution is 4.96. The second-order valence-electron chi connectivity index (χ2n) is 6.38. The van der Waals surface area contributed by atoms with Gasteiger partial charge in [0, 0.05) is 31.8 Å². The second-order valence-corrected chi connectivity index (χ2v) is 6.38. The molecule has 1 N–H and O–H groups in total. The number of nitrogens with one attached hydrogen (secondary N) is 1. The summed E-state index contributed by atoms with van der Waals surface area (Å²) in [5.41, 5.74) is 0. The minimum Gasteiger partial charge on any atom is -0.381 e. The van der Waals surface area contributed by atoms with E-state index in [1.807, 2.05) is 7.11 Å². The van der Waals surface area contributed by atoms with Gasteiger partial charge in [0.15, 0.2) is 0 Å². The lowest BCUT2D eigenvalue weighted by Crippen LogP contribution is -2.49. The zero-order valence-corrected chi connectivity index (χ0v) is 11.7. The fourth-order valence-corrected chi connectivity index (χ4v) is 4.25. The van der Waals surface area contributed by atoms with E-state index in [0.29, 0.717) is 12.1 Å². The van der Waals surface area contributed by atoms with Crippen LogP contribution < -0.4 is 5.32 Å². The van der Waals surface area contributed by atoms with Gasteiger partial charge in [0.1, 0.15) is 0 Å². The maximum absolute atomic E-state index is 5.54. The quantitative estimate of drug-likeness (QED) is 0.833. The van der Waals surface area contributed by atoms with Gasteiger partial charge in [-0.05, 0) is 51.5 Å². The summed E-state index contributed by atoms with van der Waals surface area (Å²) < 4.78 is 5.54. The first-order chi connectivity index (χ1) is 8.86. The van der Waals surface area contributed by atoms with E-state index in [1.165, 1.54) is 64.5 Å². The van der Waals surface area contributed by atoms with Crippen LogP contribution in [0.15, 0.2) is 0 Å². The van der Waals surface area contributed by atoms with Crippen molar-refractivity contribution in [1.82, 2.24) is 10.2 Å². The Morgan fingerprint density at radius 3 is 2.83 bits per heavy atom. The molecule has 1 saturated carbocycles. The molecular weight excluding hydrogens is 224 g/mol. The van der Waals surface area contributed by atoms with E-state index in [9.17, 15) is 0 Å². The van der Waals surface area contributed by atoms with Gasteiger partial charge in [0.25, 0.3) is 0 Å². The Morgan fingerprint density at radius 1 is 1.00 bits per heavy atom. The largest absolute Gasteiger partial charge is 0.381 e. The molecule has 3 nitrogen and oxygen atoms in total. The van der Waals surface area contributed by atoms with Crippen LogP contribution >= 0.6 is 0 Å². The zero-order chi connectivity index (χ0) is 12.4. The van der Waals surface area contributed by atoms with Crippen molar-refractivity contribution in [2.75, 3.05) is 20.2 Å². The molecule has 2 aliphatic heterocycles. The second kappa shape index (κ2) is 5.89. The highest BCUT2D eigenvalue weighted by Gasteiger charge is 2.36. The smallest absolute Gasteiger partial charge is 0.0586 e. The molecule has 3 aliphatic rings. The molecule has 18 heavy (non-hydrogen) atoms. The van der Waals surface area contributed by atoms with E-state index in [4.69, 9.17) is 4.74 Å². The number of nitrogens with zero attached hydrogens (tertiary/aromatic N) is 1. The van der Waals surface area contributed by atoms with Crippen LogP contribution in [0.3, 0.4) is 0 Å². The van der Waals surface area contributed by atoms with Crippen LogP contribution in [0.4, 0.5) is 0 Å². The average Bonchev–Trinajstić information content (AvgIpc) is 2.83. The van der Waals surface area contributed by atoms with E-state index in [0.717, 1.165) is 12.1 Å². The van der Waals surface area contributed by atoms with Crippen molar-refractivity contribution in [3.63, 3.8) is 0 Å². The molecule has 0 spiro atoms. The number of fused-ring (bicyclic) bond motifs is 1. The van der Waals surface area contributed by atoms with Crippen LogP contribution in [0.1, 0.15) is 51.4 Å². The first kappa shape index (κ1) is 12.9. The molecule has 104 valence electrons. The molecule has 3 fully saturated rings. The number of piperidine rings is 1. The lowest BCUT2D eigenvalue weighted by atomic mass is 9.91. The molecule has 1 aliphatic carbocycles. The topological polar surface area (TPSA) is 24.5 Å². The van der Waals surface area contributed by atoms with Gasteiger partial charge in [-0.3, -0.25) is 4.90 Å². The molecule has 0 amide bonds. The lowest BCUT2D eigenvalue weighted by Gasteiger charge is -2.36. The van der Waals surface area contributed by atoms with Crippen LogP contribution in [0, 0.1) is 0 Å². The van der Waals surface area contributed by atoms with Crippen molar-refractivity contribution < 1.29 is 4.74 Å². The van der Waals surface area contributed by atoms with Gasteiger partial charge in [-0.1, -0.05) is 6.42 Å². The molecule has 2 heterocycles. The van der Waals surface area contributed by atoms with E-state index < -0.39 is 0 Å². The summed E-state index contributed by atoms with van der Waals surface area (Å²) >= 11 is 0. The number of ether oxygens (including phenoxy) is 1. The highest BCUT2D eigenvalue weighted by atomic mass is 16.5.